The van der Waals surface area contributed by atoms with Gasteiger partial charge >= 0.3 is 0 Å². The maximum absolute atomic E-state index is 2.66. The first-order chi connectivity index (χ1) is 9.84. The summed E-state index contributed by atoms with van der Waals surface area (Å²) in [6, 6.07) is 1.08. The van der Waals surface area contributed by atoms with Crippen LogP contribution in [-0.2, 0) is 0 Å². The van der Waals surface area contributed by atoms with Gasteiger partial charge in [-0.2, -0.15) is 0 Å². The third-order valence-corrected chi connectivity index (χ3v) is 4.83. The van der Waals surface area contributed by atoms with Crippen LogP contribution in [0.15, 0.2) is 71.5 Å². The summed E-state index contributed by atoms with van der Waals surface area (Å²) in [6.07, 6.45) is 24.1. The summed E-state index contributed by atoms with van der Waals surface area (Å²) >= 11 is 0. The first-order valence-corrected chi connectivity index (χ1v) is 7.74. The number of allylic oxidation sites excluding steroid dienone is 6. The fraction of sp³-hybridized carbons (Fsp3) is 0.368. The molecule has 1 heteroatoms. The fourth-order valence-corrected chi connectivity index (χ4v) is 3.89. The van der Waals surface area contributed by atoms with Gasteiger partial charge in [-0.15, -0.1) is 0 Å². The molecule has 0 aromatic rings. The molecule has 0 radical (unpaired) electrons. The van der Waals surface area contributed by atoms with Gasteiger partial charge in [-0.25, -0.2) is 0 Å². The molecule has 0 aromatic carbocycles. The number of nitrogens with zero attached hydrogens (tertiary/aromatic N) is 1. The van der Waals surface area contributed by atoms with Crippen LogP contribution in [0.5, 0.6) is 0 Å². The average molecular weight is 263 g/mol. The van der Waals surface area contributed by atoms with E-state index in [9.17, 15) is 0 Å². The van der Waals surface area contributed by atoms with Crippen LogP contribution in [0.2, 0.25) is 0 Å². The molecular weight excluding hydrogens is 242 g/mol. The lowest BCUT2D eigenvalue weighted by atomic mass is 9.87. The van der Waals surface area contributed by atoms with Crippen molar-refractivity contribution in [2.75, 3.05) is 0 Å². The van der Waals surface area contributed by atoms with E-state index in [1.54, 1.807) is 11.1 Å². The summed E-state index contributed by atoms with van der Waals surface area (Å²) in [5, 5.41) is 0. The van der Waals surface area contributed by atoms with Crippen molar-refractivity contribution in [2.45, 2.75) is 38.3 Å². The van der Waals surface area contributed by atoms with Crippen molar-refractivity contribution in [3.63, 3.8) is 0 Å². The lowest BCUT2D eigenvalue weighted by Gasteiger charge is -2.36. The summed E-state index contributed by atoms with van der Waals surface area (Å²) < 4.78 is 0. The van der Waals surface area contributed by atoms with E-state index in [-0.39, 0.29) is 0 Å². The van der Waals surface area contributed by atoms with Gasteiger partial charge in [0.15, 0.2) is 0 Å². The van der Waals surface area contributed by atoms with E-state index in [1.807, 2.05) is 0 Å². The van der Waals surface area contributed by atoms with E-state index < -0.39 is 0 Å². The highest BCUT2D eigenvalue weighted by atomic mass is 15.2. The van der Waals surface area contributed by atoms with Crippen molar-refractivity contribution >= 4 is 0 Å². The van der Waals surface area contributed by atoms with Crippen molar-refractivity contribution in [1.82, 2.24) is 4.90 Å². The van der Waals surface area contributed by atoms with Gasteiger partial charge in [-0.05, 0) is 42.4 Å². The molecule has 0 saturated heterocycles. The Hall–Kier alpha value is -1.76. The van der Waals surface area contributed by atoms with E-state index in [0.717, 1.165) is 12.8 Å². The van der Waals surface area contributed by atoms with Crippen LogP contribution in [0, 0.1) is 5.92 Å². The van der Waals surface area contributed by atoms with E-state index in [4.69, 9.17) is 0 Å². The highest BCUT2D eigenvalue weighted by Gasteiger charge is 2.39. The van der Waals surface area contributed by atoms with Crippen LogP contribution < -0.4 is 0 Å². The zero-order valence-corrected chi connectivity index (χ0v) is 12.0. The Bertz CT molecular complexity index is 597. The van der Waals surface area contributed by atoms with Crippen molar-refractivity contribution in [2.24, 2.45) is 5.92 Å². The molecule has 2 unspecified atom stereocenters. The highest BCUT2D eigenvalue weighted by molar-refractivity contribution is 5.54. The Morgan fingerprint density at radius 2 is 1.95 bits per heavy atom. The lowest BCUT2D eigenvalue weighted by molar-refractivity contribution is 0.262. The molecule has 1 aliphatic heterocycles. The molecular formula is C19H21N. The van der Waals surface area contributed by atoms with Crippen LogP contribution in [0.4, 0.5) is 0 Å². The summed E-state index contributed by atoms with van der Waals surface area (Å²) in [5.74, 6) is 0.669. The molecule has 4 rings (SSSR count). The Morgan fingerprint density at radius 3 is 2.80 bits per heavy atom. The minimum Gasteiger partial charge on any atom is -0.357 e. The number of rotatable bonds is 1. The molecule has 3 aliphatic carbocycles. The normalized spacial score (nSPS) is 34.4. The minimum atomic E-state index is 0.519. The monoisotopic (exact) mass is 263 g/mol. The Labute approximate surface area is 121 Å². The molecule has 0 bridgehead atoms. The number of hydrogen-bond donors (Lipinski definition) is 0. The van der Waals surface area contributed by atoms with Gasteiger partial charge in [-0.1, -0.05) is 55.5 Å². The molecule has 0 amide bonds. The maximum Gasteiger partial charge on any atom is 0.0586 e. The molecule has 3 atom stereocenters. The molecule has 102 valence electrons. The van der Waals surface area contributed by atoms with Gasteiger partial charge in [0.1, 0.15) is 0 Å². The molecule has 20 heavy (non-hydrogen) atoms. The van der Waals surface area contributed by atoms with Gasteiger partial charge in [0.25, 0.3) is 0 Å². The first kappa shape index (κ1) is 12.0. The first-order valence-electron chi connectivity index (χ1n) is 7.74. The van der Waals surface area contributed by atoms with E-state index >= 15 is 0 Å². The topological polar surface area (TPSA) is 3.24 Å². The molecule has 0 N–H and O–H groups in total. The minimum absolute atomic E-state index is 0.519. The quantitative estimate of drug-likeness (QED) is 0.682. The molecule has 1 nitrogen and oxygen atoms in total. The van der Waals surface area contributed by atoms with E-state index in [0.29, 0.717) is 18.0 Å². The predicted octanol–water partition coefficient (Wildman–Crippen LogP) is 4.29. The second-order valence-corrected chi connectivity index (χ2v) is 6.23. The third kappa shape index (κ3) is 1.76. The summed E-state index contributed by atoms with van der Waals surface area (Å²) in [6.45, 7) is 2.32. The van der Waals surface area contributed by atoms with Gasteiger partial charge in [-0.3, -0.25) is 0 Å². The van der Waals surface area contributed by atoms with E-state index in [1.165, 1.54) is 12.1 Å². The van der Waals surface area contributed by atoms with Gasteiger partial charge in [0.2, 0.25) is 0 Å². The van der Waals surface area contributed by atoms with Crippen molar-refractivity contribution in [3.05, 3.63) is 71.5 Å². The zero-order chi connectivity index (χ0) is 13.5. The summed E-state index contributed by atoms with van der Waals surface area (Å²) in [4.78, 5) is 2.66. The lowest BCUT2D eigenvalue weighted by Crippen LogP contribution is -2.39. The molecule has 4 aliphatic rings. The summed E-state index contributed by atoms with van der Waals surface area (Å²) in [5.41, 5.74) is 4.65. The highest BCUT2D eigenvalue weighted by Crippen LogP contribution is 2.45. The van der Waals surface area contributed by atoms with Crippen LogP contribution in [0.25, 0.3) is 0 Å². The molecule has 0 fully saturated rings. The molecule has 0 saturated carbocycles. The Kier molecular flexibility index (Phi) is 2.80. The van der Waals surface area contributed by atoms with Crippen LogP contribution in [-0.4, -0.2) is 17.0 Å². The average Bonchev–Trinajstić information content (AvgIpc) is 2.82. The zero-order valence-electron chi connectivity index (χ0n) is 12.0. The van der Waals surface area contributed by atoms with Crippen LogP contribution in [0.3, 0.4) is 0 Å². The van der Waals surface area contributed by atoms with Gasteiger partial charge < -0.3 is 4.90 Å². The molecule has 0 spiro atoms. The number of fused-ring (bicyclic) bond motifs is 2. The fourth-order valence-electron chi connectivity index (χ4n) is 3.89. The summed E-state index contributed by atoms with van der Waals surface area (Å²) in [7, 11) is 0. The maximum atomic E-state index is 2.66. The largest absolute Gasteiger partial charge is 0.357 e. The van der Waals surface area contributed by atoms with Gasteiger partial charge in [0, 0.05) is 5.70 Å². The Morgan fingerprint density at radius 1 is 1.05 bits per heavy atom. The molecule has 1 heterocycles. The standard InChI is InChI=1S/C19H21N/c1-14-11-12-19-17(13-14)16-9-5-6-10-18(16)20(19)15-7-3-2-4-8-15/h2-7,9,11-12,14-15,18H,8,10,13H2,1H3/t14?,15?,18-/m0/s1. The van der Waals surface area contributed by atoms with Crippen molar-refractivity contribution in [1.29, 1.82) is 0 Å². The van der Waals surface area contributed by atoms with Crippen LogP contribution in [0.1, 0.15) is 26.2 Å². The van der Waals surface area contributed by atoms with Crippen molar-refractivity contribution in [3.8, 4) is 0 Å². The van der Waals surface area contributed by atoms with Crippen molar-refractivity contribution < 1.29 is 0 Å². The third-order valence-electron chi connectivity index (χ3n) is 4.83. The predicted molar refractivity (Wildman–Crippen MR) is 84.1 cm³/mol. The van der Waals surface area contributed by atoms with E-state index in [2.05, 4.69) is 66.5 Å². The number of hydrogen-bond acceptors (Lipinski definition) is 1. The van der Waals surface area contributed by atoms with Crippen LogP contribution >= 0.6 is 0 Å². The second-order valence-electron chi connectivity index (χ2n) is 6.23. The SMILES string of the molecule is CC1C=CC2=C(C1)C1=CC=CC[C@@H]1N2C1C=CC=CC1. The smallest absolute Gasteiger partial charge is 0.0586 e. The molecule has 0 aromatic heterocycles. The van der Waals surface area contributed by atoms with Gasteiger partial charge in [0.05, 0.1) is 12.1 Å². The Balaban J connectivity index is 1.77. The second kappa shape index (κ2) is 4.66.